The van der Waals surface area contributed by atoms with Crippen LogP contribution in [0.1, 0.15) is 28.6 Å². The number of amides is 2. The number of benzene rings is 3. The lowest BCUT2D eigenvalue weighted by Crippen LogP contribution is -2.42. The molecule has 0 saturated carbocycles. The lowest BCUT2D eigenvalue weighted by atomic mass is 10.0. The summed E-state index contributed by atoms with van der Waals surface area (Å²) in [5, 5.41) is 3.23. The van der Waals surface area contributed by atoms with Crippen molar-refractivity contribution < 1.29 is 27.8 Å². The molecule has 0 saturated heterocycles. The molecule has 3 aromatic carbocycles. The van der Waals surface area contributed by atoms with Gasteiger partial charge in [0.25, 0.3) is 5.91 Å². The van der Waals surface area contributed by atoms with Crippen LogP contribution in [0.25, 0.3) is 0 Å². The molecule has 0 spiro atoms. The fourth-order valence-corrected chi connectivity index (χ4v) is 5.24. The van der Waals surface area contributed by atoms with Crippen molar-refractivity contribution in [2.24, 2.45) is 0 Å². The van der Waals surface area contributed by atoms with Gasteiger partial charge in [-0.05, 0) is 55.8 Å². The van der Waals surface area contributed by atoms with Crippen molar-refractivity contribution in [2.45, 2.75) is 31.6 Å². The van der Waals surface area contributed by atoms with Crippen molar-refractivity contribution in [3.63, 3.8) is 0 Å². The molecule has 11 heteroatoms. The van der Waals surface area contributed by atoms with E-state index in [1.807, 2.05) is 19.9 Å². The molecule has 41 heavy (non-hydrogen) atoms. The van der Waals surface area contributed by atoms with Crippen LogP contribution < -0.4 is 14.8 Å². The molecule has 2 heterocycles. The van der Waals surface area contributed by atoms with Crippen molar-refractivity contribution in [3.05, 3.63) is 107 Å². The number of hydrogen-bond donors (Lipinski definition) is 1. The molecule has 0 fully saturated rings. The second-order valence-electron chi connectivity index (χ2n) is 9.35. The van der Waals surface area contributed by atoms with Crippen LogP contribution in [0.4, 0.5) is 14.5 Å². The number of anilines is 1. The quantitative estimate of drug-likeness (QED) is 0.205. The highest BCUT2D eigenvalue weighted by molar-refractivity contribution is 7.99. The zero-order chi connectivity index (χ0) is 28.9. The first-order chi connectivity index (χ1) is 19.8. The minimum absolute atomic E-state index is 0.0672. The number of hydrogen-bond acceptors (Lipinski definition) is 7. The van der Waals surface area contributed by atoms with Crippen molar-refractivity contribution in [1.29, 1.82) is 0 Å². The van der Waals surface area contributed by atoms with Crippen LogP contribution in [-0.2, 0) is 16.1 Å². The Morgan fingerprint density at radius 2 is 1.66 bits per heavy atom. The summed E-state index contributed by atoms with van der Waals surface area (Å²) in [6.45, 7) is 3.51. The summed E-state index contributed by atoms with van der Waals surface area (Å²) in [4.78, 5) is 37.7. The van der Waals surface area contributed by atoms with Crippen LogP contribution >= 0.6 is 11.8 Å². The van der Waals surface area contributed by atoms with E-state index in [1.165, 1.54) is 35.2 Å². The monoisotopic (exact) mass is 576 g/mol. The van der Waals surface area contributed by atoms with E-state index in [2.05, 4.69) is 15.3 Å². The summed E-state index contributed by atoms with van der Waals surface area (Å²) in [6, 6.07) is 16.8. The molecule has 1 aromatic heterocycles. The van der Waals surface area contributed by atoms with E-state index in [-0.39, 0.29) is 24.7 Å². The molecule has 0 bridgehead atoms. The number of rotatable bonds is 9. The summed E-state index contributed by atoms with van der Waals surface area (Å²) >= 11 is 1.11. The molecule has 0 radical (unpaired) electrons. The first-order valence-electron chi connectivity index (χ1n) is 12.7. The fourth-order valence-electron chi connectivity index (χ4n) is 4.40. The van der Waals surface area contributed by atoms with Gasteiger partial charge >= 0.3 is 0 Å². The van der Waals surface area contributed by atoms with Crippen molar-refractivity contribution in [2.75, 3.05) is 17.9 Å². The number of carbonyl (C=O) groups excluding carboxylic acids is 2. The molecule has 1 aliphatic rings. The zero-order valence-corrected chi connectivity index (χ0v) is 23.1. The average molecular weight is 577 g/mol. The number of ether oxygens (including phenoxy) is 2. The highest BCUT2D eigenvalue weighted by Crippen LogP contribution is 2.35. The van der Waals surface area contributed by atoms with Crippen LogP contribution in [0.2, 0.25) is 0 Å². The molecular weight excluding hydrogens is 550 g/mol. The van der Waals surface area contributed by atoms with Crippen LogP contribution in [0, 0.1) is 25.5 Å². The molecule has 210 valence electrons. The Balaban J connectivity index is 1.49. The molecule has 5 rings (SSSR count). The molecule has 0 aliphatic carbocycles. The second-order valence-corrected chi connectivity index (χ2v) is 10.3. The van der Waals surface area contributed by atoms with Crippen molar-refractivity contribution in [3.8, 4) is 11.5 Å². The minimum atomic E-state index is -1.23. The number of aromatic nitrogens is 2. The number of halogens is 2. The average Bonchev–Trinajstić information content (AvgIpc) is 3.41. The van der Waals surface area contributed by atoms with Crippen LogP contribution in [0.3, 0.4) is 0 Å². The van der Waals surface area contributed by atoms with Gasteiger partial charge in [0.15, 0.2) is 16.7 Å². The van der Waals surface area contributed by atoms with E-state index < -0.39 is 29.5 Å². The number of nitrogens with zero attached hydrogens (tertiary/aromatic N) is 3. The van der Waals surface area contributed by atoms with Gasteiger partial charge in [-0.25, -0.2) is 18.7 Å². The van der Waals surface area contributed by atoms with Gasteiger partial charge in [-0.15, -0.1) is 0 Å². The third-order valence-electron chi connectivity index (χ3n) is 6.29. The summed E-state index contributed by atoms with van der Waals surface area (Å²) in [7, 11) is 0. The highest BCUT2D eigenvalue weighted by Gasteiger charge is 2.33. The highest BCUT2D eigenvalue weighted by atomic mass is 32.2. The predicted molar refractivity (Wildman–Crippen MR) is 150 cm³/mol. The van der Waals surface area contributed by atoms with Crippen LogP contribution in [0.15, 0.2) is 78.0 Å². The largest absolute Gasteiger partial charge is 0.454 e. The van der Waals surface area contributed by atoms with Gasteiger partial charge in [-0.1, -0.05) is 42.1 Å². The lowest BCUT2D eigenvalue weighted by molar-refractivity contribution is -0.137. The van der Waals surface area contributed by atoms with Gasteiger partial charge in [-0.3, -0.25) is 9.59 Å². The molecule has 0 unspecified atom stereocenters. The zero-order valence-electron chi connectivity index (χ0n) is 22.3. The summed E-state index contributed by atoms with van der Waals surface area (Å²) < 4.78 is 39.4. The third-order valence-corrected chi connectivity index (χ3v) is 7.12. The van der Waals surface area contributed by atoms with Crippen molar-refractivity contribution >= 4 is 29.3 Å². The smallest absolute Gasteiger partial charge is 0.251 e. The Hall–Kier alpha value is -4.51. The molecule has 1 atom stereocenters. The van der Waals surface area contributed by atoms with Gasteiger partial charge in [0.1, 0.15) is 17.7 Å². The number of aryl methyl sites for hydroxylation is 2. The molecule has 1 N–H and O–H groups in total. The first-order valence-corrected chi connectivity index (χ1v) is 13.7. The van der Waals surface area contributed by atoms with Crippen molar-refractivity contribution in [1.82, 2.24) is 14.9 Å². The normalized spacial score (nSPS) is 12.6. The Morgan fingerprint density at radius 3 is 2.39 bits per heavy atom. The minimum Gasteiger partial charge on any atom is -0.454 e. The van der Waals surface area contributed by atoms with Gasteiger partial charge in [0.2, 0.25) is 12.7 Å². The van der Waals surface area contributed by atoms with E-state index in [1.54, 1.807) is 36.4 Å². The standard InChI is InChI=1S/C30H26F2N4O4S/c1-18-13-19(2)34-30(33-18)41-16-27(37)36(15-21-5-3-4-6-24(21)32)28(20-7-9-22(31)10-8-20)29(38)35-23-11-12-25-26(14-23)40-17-39-25/h3-14,28H,15-17H2,1-2H3,(H,35,38)/t28-/m1/s1. The lowest BCUT2D eigenvalue weighted by Gasteiger charge is -2.31. The summed E-state index contributed by atoms with van der Waals surface area (Å²) in [5.41, 5.74) is 2.48. The number of fused-ring (bicyclic) bond motifs is 1. The molecule has 8 nitrogen and oxygen atoms in total. The summed E-state index contributed by atoms with van der Waals surface area (Å²) in [6.07, 6.45) is 0. The molecule has 1 aliphatic heterocycles. The number of nitrogens with one attached hydrogen (secondary N) is 1. The van der Waals surface area contributed by atoms with E-state index in [0.29, 0.717) is 27.9 Å². The number of carbonyl (C=O) groups is 2. The maximum atomic E-state index is 14.8. The molecule has 2 amide bonds. The SMILES string of the molecule is Cc1cc(C)nc(SCC(=O)N(Cc2ccccc2F)[C@@H](C(=O)Nc2ccc3c(c2)OCO3)c2ccc(F)cc2)n1. The van der Waals surface area contributed by atoms with E-state index >= 15 is 0 Å². The summed E-state index contributed by atoms with van der Waals surface area (Å²) in [5.74, 6) is -1.18. The van der Waals surface area contributed by atoms with Gasteiger partial charge in [-0.2, -0.15) is 0 Å². The fraction of sp³-hybridized carbons (Fsp3) is 0.200. The van der Waals surface area contributed by atoms with E-state index in [9.17, 15) is 18.4 Å². The molecule has 4 aromatic rings. The predicted octanol–water partition coefficient (Wildman–Crippen LogP) is 5.60. The maximum Gasteiger partial charge on any atom is 0.251 e. The van der Waals surface area contributed by atoms with Gasteiger partial charge in [0, 0.05) is 35.2 Å². The Kier molecular flexibility index (Phi) is 8.44. The van der Waals surface area contributed by atoms with E-state index in [4.69, 9.17) is 9.47 Å². The third kappa shape index (κ3) is 6.80. The topological polar surface area (TPSA) is 93.7 Å². The molecular formula is C30H26F2N4O4S. The number of thioether (sulfide) groups is 1. The Morgan fingerprint density at radius 1 is 0.951 bits per heavy atom. The first kappa shape index (κ1) is 28.0. The van der Waals surface area contributed by atoms with Crippen LogP contribution in [0.5, 0.6) is 11.5 Å². The second kappa shape index (κ2) is 12.3. The maximum absolute atomic E-state index is 14.8. The van der Waals surface area contributed by atoms with E-state index in [0.717, 1.165) is 23.1 Å². The van der Waals surface area contributed by atoms with Gasteiger partial charge < -0.3 is 19.7 Å². The Bertz CT molecular complexity index is 1570. The Labute approximate surface area is 239 Å². The van der Waals surface area contributed by atoms with Gasteiger partial charge in [0.05, 0.1) is 5.75 Å². The van der Waals surface area contributed by atoms with Crippen LogP contribution in [-0.4, -0.2) is 39.2 Å².